The lowest BCUT2D eigenvalue weighted by Crippen LogP contribution is -2.47. The van der Waals surface area contributed by atoms with Gasteiger partial charge in [0.25, 0.3) is 11.8 Å². The summed E-state index contributed by atoms with van der Waals surface area (Å²) in [6.07, 6.45) is 3.62. The molecular formula is C19H22FN5O4S. The van der Waals surface area contributed by atoms with Gasteiger partial charge in [0.05, 0.1) is 5.75 Å². The average molecular weight is 435 g/mol. The lowest BCUT2D eigenvalue weighted by molar-refractivity contribution is 0.0919. The molecule has 160 valence electrons. The molecule has 0 bridgehead atoms. The van der Waals surface area contributed by atoms with Crippen molar-refractivity contribution in [2.24, 2.45) is 0 Å². The van der Waals surface area contributed by atoms with Crippen LogP contribution in [0.1, 0.15) is 40.6 Å². The quantitative estimate of drug-likeness (QED) is 0.708. The number of halogens is 1. The van der Waals surface area contributed by atoms with Crippen molar-refractivity contribution >= 4 is 27.7 Å². The van der Waals surface area contributed by atoms with Gasteiger partial charge in [0, 0.05) is 37.1 Å². The fraction of sp³-hybridized carbons (Fsp3) is 0.368. The topological polar surface area (TPSA) is 121 Å². The molecular weight excluding hydrogens is 413 g/mol. The summed E-state index contributed by atoms with van der Waals surface area (Å²) in [5.74, 6) is -1.52. The molecule has 1 aromatic carbocycles. The van der Waals surface area contributed by atoms with Crippen LogP contribution in [0.3, 0.4) is 0 Å². The first-order valence-electron chi connectivity index (χ1n) is 9.46. The summed E-state index contributed by atoms with van der Waals surface area (Å²) >= 11 is 0. The lowest BCUT2D eigenvalue weighted by atomic mass is 10.1. The van der Waals surface area contributed by atoms with E-state index in [2.05, 4.69) is 20.6 Å². The zero-order chi connectivity index (χ0) is 21.7. The molecule has 2 N–H and O–H groups in total. The van der Waals surface area contributed by atoms with Crippen molar-refractivity contribution in [1.29, 1.82) is 0 Å². The Morgan fingerprint density at radius 2 is 1.73 bits per heavy atom. The molecule has 9 nitrogen and oxygen atoms in total. The number of nitrogens with zero attached hydrogens (tertiary/aromatic N) is 3. The van der Waals surface area contributed by atoms with Gasteiger partial charge in [-0.3, -0.25) is 9.59 Å². The van der Waals surface area contributed by atoms with Crippen LogP contribution in [0.5, 0.6) is 0 Å². The van der Waals surface area contributed by atoms with Crippen LogP contribution < -0.4 is 10.6 Å². The van der Waals surface area contributed by atoms with Gasteiger partial charge in [0.2, 0.25) is 10.0 Å². The molecule has 1 aromatic heterocycles. The van der Waals surface area contributed by atoms with E-state index in [-0.39, 0.29) is 28.9 Å². The number of hydrogen-bond donors (Lipinski definition) is 2. The maximum absolute atomic E-state index is 13.0. The molecule has 0 saturated carbocycles. The number of carbonyl (C=O) groups is 2. The van der Waals surface area contributed by atoms with Crippen LogP contribution in [0.4, 0.5) is 10.2 Å². The third kappa shape index (κ3) is 5.16. The number of aromatic nitrogens is 2. The largest absolute Gasteiger partial charge is 0.348 e. The summed E-state index contributed by atoms with van der Waals surface area (Å²) in [6.45, 7) is 2.25. The Kier molecular flexibility index (Phi) is 6.73. The first-order chi connectivity index (χ1) is 14.3. The SMILES string of the molecule is CCS(=O)(=O)N1CCC(NC(=O)c2nccnc2NC(=O)c2ccc(F)cc2)CC1. The highest BCUT2D eigenvalue weighted by molar-refractivity contribution is 7.89. The predicted octanol–water partition coefficient (Wildman–Crippen LogP) is 1.41. The van der Waals surface area contributed by atoms with Crippen molar-refractivity contribution in [2.75, 3.05) is 24.2 Å². The van der Waals surface area contributed by atoms with Gasteiger partial charge in [-0.1, -0.05) is 0 Å². The molecule has 0 atom stereocenters. The van der Waals surface area contributed by atoms with Crippen molar-refractivity contribution in [1.82, 2.24) is 19.6 Å². The van der Waals surface area contributed by atoms with Gasteiger partial charge in [0.15, 0.2) is 11.5 Å². The zero-order valence-corrected chi connectivity index (χ0v) is 17.2. The molecule has 30 heavy (non-hydrogen) atoms. The Bertz CT molecular complexity index is 1020. The minimum absolute atomic E-state index is 0.0182. The molecule has 2 aromatic rings. The molecule has 0 radical (unpaired) electrons. The first-order valence-corrected chi connectivity index (χ1v) is 11.1. The van der Waals surface area contributed by atoms with Crippen LogP contribution in [-0.2, 0) is 10.0 Å². The van der Waals surface area contributed by atoms with Crippen molar-refractivity contribution < 1.29 is 22.4 Å². The van der Waals surface area contributed by atoms with E-state index in [0.29, 0.717) is 25.9 Å². The van der Waals surface area contributed by atoms with Crippen LogP contribution in [0.2, 0.25) is 0 Å². The van der Waals surface area contributed by atoms with E-state index in [4.69, 9.17) is 0 Å². The number of carbonyl (C=O) groups excluding carboxylic acids is 2. The summed E-state index contributed by atoms with van der Waals surface area (Å²) in [4.78, 5) is 33.1. The molecule has 0 spiro atoms. The van der Waals surface area contributed by atoms with Gasteiger partial charge in [-0.25, -0.2) is 27.1 Å². The van der Waals surface area contributed by atoms with Crippen LogP contribution in [0, 0.1) is 5.82 Å². The molecule has 11 heteroatoms. The summed E-state index contributed by atoms with van der Waals surface area (Å²) in [5, 5.41) is 5.34. The summed E-state index contributed by atoms with van der Waals surface area (Å²) in [7, 11) is -3.25. The van der Waals surface area contributed by atoms with E-state index in [1.807, 2.05) is 0 Å². The second kappa shape index (κ2) is 9.26. The molecule has 3 rings (SSSR count). The summed E-state index contributed by atoms with van der Waals surface area (Å²) < 4.78 is 38.4. The maximum Gasteiger partial charge on any atom is 0.273 e. The van der Waals surface area contributed by atoms with Crippen molar-refractivity contribution in [3.05, 3.63) is 53.7 Å². The van der Waals surface area contributed by atoms with E-state index < -0.39 is 27.7 Å². The normalized spacial score (nSPS) is 15.5. The maximum atomic E-state index is 13.0. The van der Waals surface area contributed by atoms with Crippen molar-refractivity contribution in [3.63, 3.8) is 0 Å². The molecule has 1 saturated heterocycles. The van der Waals surface area contributed by atoms with Crippen LogP contribution in [0.25, 0.3) is 0 Å². The van der Waals surface area contributed by atoms with Gasteiger partial charge >= 0.3 is 0 Å². The van der Waals surface area contributed by atoms with E-state index in [0.717, 1.165) is 12.1 Å². The highest BCUT2D eigenvalue weighted by Gasteiger charge is 2.28. The summed E-state index contributed by atoms with van der Waals surface area (Å²) in [5.41, 5.74) is 0.148. The molecule has 1 aliphatic rings. The molecule has 2 heterocycles. The number of piperidine rings is 1. The molecule has 0 unspecified atom stereocenters. The van der Waals surface area contributed by atoms with Gasteiger partial charge in [-0.15, -0.1) is 0 Å². The van der Waals surface area contributed by atoms with Crippen LogP contribution in [-0.4, -0.2) is 59.4 Å². The Labute approximate surface area is 173 Å². The Morgan fingerprint density at radius 1 is 1.10 bits per heavy atom. The number of hydrogen-bond acceptors (Lipinski definition) is 6. The smallest absolute Gasteiger partial charge is 0.273 e. The zero-order valence-electron chi connectivity index (χ0n) is 16.3. The number of amides is 2. The fourth-order valence-corrected chi connectivity index (χ4v) is 4.22. The first kappa shape index (κ1) is 21.8. The number of rotatable bonds is 6. The van der Waals surface area contributed by atoms with E-state index in [9.17, 15) is 22.4 Å². The number of anilines is 1. The van der Waals surface area contributed by atoms with E-state index in [1.54, 1.807) is 6.92 Å². The second-order valence-electron chi connectivity index (χ2n) is 6.76. The highest BCUT2D eigenvalue weighted by Crippen LogP contribution is 2.16. The average Bonchev–Trinajstić information content (AvgIpc) is 2.75. The van der Waals surface area contributed by atoms with Crippen molar-refractivity contribution in [2.45, 2.75) is 25.8 Å². The van der Waals surface area contributed by atoms with Crippen LogP contribution >= 0.6 is 0 Å². The monoisotopic (exact) mass is 435 g/mol. The standard InChI is InChI=1S/C19H22FN5O4S/c1-2-30(28,29)25-11-7-15(8-12-25)23-19(27)16-17(22-10-9-21-16)24-18(26)13-3-5-14(20)6-4-13/h3-6,9-10,15H,2,7-8,11-12H2,1H3,(H,23,27)(H,22,24,26). The number of benzene rings is 1. The number of sulfonamides is 1. The van der Waals surface area contributed by atoms with Crippen molar-refractivity contribution in [3.8, 4) is 0 Å². The third-order valence-corrected chi connectivity index (χ3v) is 6.68. The van der Waals surface area contributed by atoms with Gasteiger partial charge < -0.3 is 10.6 Å². The van der Waals surface area contributed by atoms with Gasteiger partial charge in [0.1, 0.15) is 5.82 Å². The third-order valence-electron chi connectivity index (χ3n) is 4.80. The minimum atomic E-state index is -3.25. The minimum Gasteiger partial charge on any atom is -0.348 e. The predicted molar refractivity (Wildman–Crippen MR) is 108 cm³/mol. The fourth-order valence-electron chi connectivity index (χ4n) is 3.09. The van der Waals surface area contributed by atoms with E-state index in [1.165, 1.54) is 28.8 Å². The molecule has 2 amide bonds. The number of nitrogens with one attached hydrogen (secondary N) is 2. The van der Waals surface area contributed by atoms with Gasteiger partial charge in [-0.2, -0.15) is 0 Å². The van der Waals surface area contributed by atoms with Gasteiger partial charge in [-0.05, 0) is 44.0 Å². The molecule has 1 fully saturated rings. The van der Waals surface area contributed by atoms with Crippen LogP contribution in [0.15, 0.2) is 36.7 Å². The van der Waals surface area contributed by atoms with E-state index >= 15 is 0 Å². The lowest BCUT2D eigenvalue weighted by Gasteiger charge is -2.31. The Hall–Kier alpha value is -2.92. The summed E-state index contributed by atoms with van der Waals surface area (Å²) in [6, 6.07) is 4.73. The molecule has 0 aliphatic carbocycles. The molecule has 1 aliphatic heterocycles. The Morgan fingerprint density at radius 3 is 2.37 bits per heavy atom. The Balaban J connectivity index is 1.65. The second-order valence-corrected chi connectivity index (χ2v) is 9.02. The highest BCUT2D eigenvalue weighted by atomic mass is 32.2.